The monoisotopic (exact) mass is 389 g/mol. The Morgan fingerprint density at radius 1 is 1.25 bits per heavy atom. The van der Waals surface area contributed by atoms with E-state index in [4.69, 9.17) is 0 Å². The third-order valence-electron chi connectivity index (χ3n) is 5.12. The molecular formula is C19H27N5O4. The summed E-state index contributed by atoms with van der Waals surface area (Å²) in [5.74, 6) is -0.661. The van der Waals surface area contributed by atoms with Crippen molar-refractivity contribution in [3.05, 3.63) is 39.9 Å². The number of hydrogen-bond acceptors (Lipinski definition) is 6. The minimum Gasteiger partial charge on any atom is -0.387 e. The molecule has 2 atom stereocenters. The number of carbonyl (C=O) groups is 1. The summed E-state index contributed by atoms with van der Waals surface area (Å²) in [4.78, 5) is 28.3. The van der Waals surface area contributed by atoms with Gasteiger partial charge in [0.2, 0.25) is 0 Å². The molecule has 1 fully saturated rings. The summed E-state index contributed by atoms with van der Waals surface area (Å²) < 4.78 is 0. The fourth-order valence-electron chi connectivity index (χ4n) is 3.33. The zero-order chi connectivity index (χ0) is 20.7. The van der Waals surface area contributed by atoms with Crippen molar-refractivity contribution in [3.63, 3.8) is 0 Å². The molecule has 1 aromatic rings. The van der Waals surface area contributed by atoms with E-state index < -0.39 is 16.9 Å². The van der Waals surface area contributed by atoms with Crippen LogP contribution in [0.15, 0.2) is 24.3 Å². The summed E-state index contributed by atoms with van der Waals surface area (Å²) >= 11 is 0. The van der Waals surface area contributed by atoms with Crippen LogP contribution in [-0.2, 0) is 0 Å². The molecule has 1 aliphatic heterocycles. The summed E-state index contributed by atoms with van der Waals surface area (Å²) in [6.45, 7) is 8.07. The van der Waals surface area contributed by atoms with Crippen molar-refractivity contribution in [1.29, 1.82) is 5.26 Å². The Hall–Kier alpha value is -2.70. The van der Waals surface area contributed by atoms with Crippen molar-refractivity contribution < 1.29 is 14.8 Å². The smallest absolute Gasteiger partial charge is 0.320 e. The molecule has 152 valence electrons. The Kier molecular flexibility index (Phi) is 7.72. The number of nitrogens with zero attached hydrogens (tertiary/aromatic N) is 5. The first kappa shape index (κ1) is 21.6. The lowest BCUT2D eigenvalue weighted by atomic mass is 9.96. The zero-order valence-corrected chi connectivity index (χ0v) is 16.3. The number of benzene rings is 1. The highest BCUT2D eigenvalue weighted by Crippen LogP contribution is 2.25. The van der Waals surface area contributed by atoms with Crippen molar-refractivity contribution in [3.8, 4) is 6.07 Å². The maximum Gasteiger partial charge on any atom is 0.320 e. The van der Waals surface area contributed by atoms with Crippen LogP contribution < -0.4 is 0 Å². The summed E-state index contributed by atoms with van der Waals surface area (Å²) in [5.41, 5.74) is 0.422. The van der Waals surface area contributed by atoms with Crippen LogP contribution in [0.25, 0.3) is 0 Å². The van der Waals surface area contributed by atoms with E-state index in [1.807, 2.05) is 18.7 Å². The molecule has 0 radical (unpaired) electrons. The van der Waals surface area contributed by atoms with E-state index in [1.54, 1.807) is 4.90 Å². The minimum absolute atomic E-state index is 0.0346. The van der Waals surface area contributed by atoms with E-state index in [0.29, 0.717) is 51.4 Å². The average molecular weight is 389 g/mol. The summed E-state index contributed by atoms with van der Waals surface area (Å²) in [7, 11) is 0. The van der Waals surface area contributed by atoms with Gasteiger partial charge in [0, 0.05) is 57.9 Å². The van der Waals surface area contributed by atoms with E-state index in [-0.39, 0.29) is 11.7 Å². The molecular weight excluding hydrogens is 362 g/mol. The highest BCUT2D eigenvalue weighted by Gasteiger charge is 2.28. The van der Waals surface area contributed by atoms with Gasteiger partial charge in [0.15, 0.2) is 0 Å². The second kappa shape index (κ2) is 10.0. The second-order valence-electron chi connectivity index (χ2n) is 6.77. The van der Waals surface area contributed by atoms with Crippen LogP contribution in [0.1, 0.15) is 25.5 Å². The number of amides is 2. The molecule has 9 heteroatoms. The molecule has 1 heterocycles. The van der Waals surface area contributed by atoms with Crippen LogP contribution in [0.5, 0.6) is 0 Å². The van der Waals surface area contributed by atoms with E-state index in [9.17, 15) is 25.3 Å². The number of rotatable bonds is 7. The molecule has 0 unspecified atom stereocenters. The van der Waals surface area contributed by atoms with Crippen molar-refractivity contribution in [1.82, 2.24) is 14.7 Å². The van der Waals surface area contributed by atoms with Gasteiger partial charge >= 0.3 is 6.03 Å². The Labute approximate surface area is 164 Å². The van der Waals surface area contributed by atoms with Crippen LogP contribution >= 0.6 is 0 Å². The van der Waals surface area contributed by atoms with Crippen LogP contribution in [0, 0.1) is 27.4 Å². The van der Waals surface area contributed by atoms with E-state index in [2.05, 4.69) is 11.0 Å². The van der Waals surface area contributed by atoms with Crippen LogP contribution in [0.2, 0.25) is 0 Å². The number of nitro groups is 1. The number of nitriles is 1. The van der Waals surface area contributed by atoms with Gasteiger partial charge in [-0.1, -0.05) is 0 Å². The van der Waals surface area contributed by atoms with Gasteiger partial charge in [0.1, 0.15) is 0 Å². The molecule has 0 spiro atoms. The number of non-ortho nitro benzene ring substituents is 1. The first-order chi connectivity index (χ1) is 13.4. The van der Waals surface area contributed by atoms with Gasteiger partial charge in [0.05, 0.1) is 23.0 Å². The van der Waals surface area contributed by atoms with Crippen molar-refractivity contribution in [2.24, 2.45) is 5.92 Å². The maximum atomic E-state index is 12.4. The zero-order valence-electron chi connectivity index (χ0n) is 16.3. The first-order valence-electron chi connectivity index (χ1n) is 9.49. The molecule has 0 bridgehead atoms. The molecule has 0 aromatic heterocycles. The van der Waals surface area contributed by atoms with Gasteiger partial charge in [-0.3, -0.25) is 15.0 Å². The summed E-state index contributed by atoms with van der Waals surface area (Å²) in [6, 6.07) is 7.78. The van der Waals surface area contributed by atoms with Crippen LogP contribution in [0.3, 0.4) is 0 Å². The SMILES string of the molecule is CCN(CC)C(=O)N1CCN(C[C@H](C#N)[C@H](O)c2ccc([N+](=O)[O-])cc2)CC1. The van der Waals surface area contributed by atoms with Crippen molar-refractivity contribution in [2.45, 2.75) is 20.0 Å². The average Bonchev–Trinajstić information content (AvgIpc) is 2.72. The standard InChI is InChI=1S/C19H27N5O4/c1-3-22(4-2)19(26)23-11-9-21(10-12-23)14-16(13-20)18(25)15-5-7-17(8-6-15)24(27)28/h5-8,16,18,25H,3-4,9-12,14H2,1-2H3/t16-,18+/m0/s1. The lowest BCUT2D eigenvalue weighted by molar-refractivity contribution is -0.384. The van der Waals surface area contributed by atoms with Crippen LogP contribution in [0.4, 0.5) is 10.5 Å². The molecule has 28 heavy (non-hydrogen) atoms. The number of hydrogen-bond donors (Lipinski definition) is 1. The minimum atomic E-state index is -1.03. The summed E-state index contributed by atoms with van der Waals surface area (Å²) in [5, 5.41) is 30.8. The number of urea groups is 1. The highest BCUT2D eigenvalue weighted by molar-refractivity contribution is 5.74. The van der Waals surface area contributed by atoms with Gasteiger partial charge < -0.3 is 14.9 Å². The quantitative estimate of drug-likeness (QED) is 0.562. The number of aliphatic hydroxyl groups is 1. The lowest BCUT2D eigenvalue weighted by Crippen LogP contribution is -2.53. The molecule has 1 saturated heterocycles. The van der Waals surface area contributed by atoms with Crippen LogP contribution in [-0.4, -0.2) is 76.6 Å². The van der Waals surface area contributed by atoms with Gasteiger partial charge in [-0.25, -0.2) is 4.79 Å². The van der Waals surface area contributed by atoms with Gasteiger partial charge in [-0.15, -0.1) is 0 Å². The molecule has 2 rings (SSSR count). The first-order valence-corrected chi connectivity index (χ1v) is 9.49. The third-order valence-corrected chi connectivity index (χ3v) is 5.12. The van der Waals surface area contributed by atoms with Crippen molar-refractivity contribution in [2.75, 3.05) is 45.8 Å². The lowest BCUT2D eigenvalue weighted by Gasteiger charge is -2.38. The molecule has 2 amide bonds. The fraction of sp³-hybridized carbons (Fsp3) is 0.579. The Balaban J connectivity index is 1.92. The topological polar surface area (TPSA) is 114 Å². The molecule has 1 aliphatic rings. The van der Waals surface area contributed by atoms with E-state index in [0.717, 1.165) is 0 Å². The third kappa shape index (κ3) is 5.18. The highest BCUT2D eigenvalue weighted by atomic mass is 16.6. The fourth-order valence-corrected chi connectivity index (χ4v) is 3.33. The molecule has 9 nitrogen and oxygen atoms in total. The largest absolute Gasteiger partial charge is 0.387 e. The number of piperazine rings is 1. The number of aliphatic hydroxyl groups excluding tert-OH is 1. The van der Waals surface area contributed by atoms with E-state index in [1.165, 1.54) is 24.3 Å². The molecule has 1 N–H and O–H groups in total. The summed E-state index contributed by atoms with van der Waals surface area (Å²) in [6.07, 6.45) is -1.03. The second-order valence-corrected chi connectivity index (χ2v) is 6.77. The molecule has 0 saturated carbocycles. The predicted molar refractivity (Wildman–Crippen MR) is 103 cm³/mol. The molecule has 0 aliphatic carbocycles. The number of carbonyl (C=O) groups excluding carboxylic acids is 1. The molecule has 1 aromatic carbocycles. The Morgan fingerprint density at radius 2 is 1.82 bits per heavy atom. The van der Waals surface area contributed by atoms with Crippen molar-refractivity contribution >= 4 is 11.7 Å². The van der Waals surface area contributed by atoms with Gasteiger partial charge in [-0.2, -0.15) is 5.26 Å². The van der Waals surface area contributed by atoms with Gasteiger partial charge in [0.25, 0.3) is 5.69 Å². The number of nitro benzene ring substituents is 1. The van der Waals surface area contributed by atoms with Gasteiger partial charge in [-0.05, 0) is 31.5 Å². The predicted octanol–water partition coefficient (Wildman–Crippen LogP) is 1.85. The normalized spacial score (nSPS) is 16.9. The Bertz CT molecular complexity index is 706. The Morgan fingerprint density at radius 3 is 2.29 bits per heavy atom. The maximum absolute atomic E-state index is 12.4. The van der Waals surface area contributed by atoms with E-state index >= 15 is 0 Å².